The third kappa shape index (κ3) is 7.43. The summed E-state index contributed by atoms with van der Waals surface area (Å²) in [6.07, 6.45) is 0.491. The first-order chi connectivity index (χ1) is 9.40. The fourth-order valence-corrected chi connectivity index (χ4v) is 1.63. The van der Waals surface area contributed by atoms with E-state index in [4.69, 9.17) is 9.47 Å². The summed E-state index contributed by atoms with van der Waals surface area (Å²) >= 11 is 0. The Morgan fingerprint density at radius 2 is 2.00 bits per heavy atom. The van der Waals surface area contributed by atoms with Crippen LogP contribution in [-0.4, -0.2) is 37.6 Å². The molecule has 0 bridgehead atoms. The second kappa shape index (κ2) is 8.19. The van der Waals surface area contributed by atoms with E-state index in [-0.39, 0.29) is 5.82 Å². The number of rotatable bonds is 9. The van der Waals surface area contributed by atoms with Crippen molar-refractivity contribution in [3.8, 4) is 5.75 Å². The second-order valence-electron chi connectivity index (χ2n) is 5.38. The molecule has 1 aromatic rings. The summed E-state index contributed by atoms with van der Waals surface area (Å²) in [7, 11) is 1.64. The topological polar surface area (TPSA) is 50.7 Å². The maximum atomic E-state index is 13.5. The molecule has 0 radical (unpaired) electrons. The van der Waals surface area contributed by atoms with Crippen LogP contribution < -0.4 is 10.1 Å². The third-order valence-electron chi connectivity index (χ3n) is 2.73. The highest BCUT2D eigenvalue weighted by Gasteiger charge is 2.12. The Morgan fingerprint density at radius 1 is 1.25 bits per heavy atom. The van der Waals surface area contributed by atoms with Gasteiger partial charge in [0.2, 0.25) is 0 Å². The molecule has 1 rings (SSSR count). The summed E-state index contributed by atoms with van der Waals surface area (Å²) < 4.78 is 23.9. The Balaban J connectivity index is 2.48. The monoisotopic (exact) mass is 285 g/mol. The Bertz CT molecular complexity index is 405. The molecule has 0 amide bonds. The van der Waals surface area contributed by atoms with Crippen LogP contribution in [-0.2, 0) is 11.3 Å². The Labute approximate surface area is 119 Å². The van der Waals surface area contributed by atoms with Crippen molar-refractivity contribution in [2.45, 2.75) is 32.4 Å². The summed E-state index contributed by atoms with van der Waals surface area (Å²) in [5.74, 6) is 0.159. The number of benzene rings is 1. The quantitative estimate of drug-likeness (QED) is 0.682. The van der Waals surface area contributed by atoms with E-state index in [0.29, 0.717) is 38.5 Å². The number of aliphatic hydroxyl groups is 1. The lowest BCUT2D eigenvalue weighted by atomic mass is 10.1. The molecule has 0 unspecified atom stereocenters. The maximum absolute atomic E-state index is 13.5. The lowest BCUT2D eigenvalue weighted by molar-refractivity contribution is 0.0553. The standard InChI is InChI=1S/C15H24FNO3/c1-15(2,18)4-6-20-14-9-12(8-13(16)10-14)11-17-5-7-19-3/h8-10,17-18H,4-7,11H2,1-3H3. The number of hydrogen-bond acceptors (Lipinski definition) is 4. The van der Waals surface area contributed by atoms with Crippen molar-refractivity contribution in [1.29, 1.82) is 0 Å². The van der Waals surface area contributed by atoms with Crippen LogP contribution in [0.1, 0.15) is 25.8 Å². The van der Waals surface area contributed by atoms with Gasteiger partial charge in [-0.2, -0.15) is 0 Å². The smallest absolute Gasteiger partial charge is 0.127 e. The van der Waals surface area contributed by atoms with Gasteiger partial charge in [-0.05, 0) is 31.5 Å². The predicted octanol–water partition coefficient (Wildman–Crippen LogP) is 2.10. The van der Waals surface area contributed by atoms with Crippen molar-refractivity contribution < 1.29 is 19.0 Å². The summed E-state index contributed by atoms with van der Waals surface area (Å²) in [6.45, 7) is 5.67. The van der Waals surface area contributed by atoms with Crippen LogP contribution in [0.15, 0.2) is 18.2 Å². The molecule has 0 heterocycles. The molecule has 0 aliphatic carbocycles. The second-order valence-corrected chi connectivity index (χ2v) is 5.38. The van der Waals surface area contributed by atoms with Crippen LogP contribution >= 0.6 is 0 Å². The van der Waals surface area contributed by atoms with Crippen LogP contribution in [0.2, 0.25) is 0 Å². The molecule has 4 nitrogen and oxygen atoms in total. The van der Waals surface area contributed by atoms with E-state index in [1.54, 1.807) is 27.0 Å². The maximum Gasteiger partial charge on any atom is 0.127 e. The first kappa shape index (κ1) is 16.9. The van der Waals surface area contributed by atoms with E-state index in [0.717, 1.165) is 5.56 Å². The van der Waals surface area contributed by atoms with Crippen LogP contribution in [0, 0.1) is 5.82 Å². The van der Waals surface area contributed by atoms with Crippen LogP contribution in [0.3, 0.4) is 0 Å². The van der Waals surface area contributed by atoms with E-state index in [2.05, 4.69) is 5.32 Å². The Kier molecular flexibility index (Phi) is 6.91. The summed E-state index contributed by atoms with van der Waals surface area (Å²) in [5, 5.41) is 12.7. The molecule has 0 atom stereocenters. The zero-order valence-electron chi connectivity index (χ0n) is 12.4. The summed E-state index contributed by atoms with van der Waals surface area (Å²) in [4.78, 5) is 0. The van der Waals surface area contributed by atoms with Gasteiger partial charge in [0.1, 0.15) is 11.6 Å². The predicted molar refractivity (Wildman–Crippen MR) is 76.4 cm³/mol. The molecule has 114 valence electrons. The van der Waals surface area contributed by atoms with Crippen LogP contribution in [0.5, 0.6) is 5.75 Å². The van der Waals surface area contributed by atoms with E-state index >= 15 is 0 Å². The minimum absolute atomic E-state index is 0.325. The minimum atomic E-state index is -0.780. The largest absolute Gasteiger partial charge is 0.493 e. The molecule has 2 N–H and O–H groups in total. The molecule has 20 heavy (non-hydrogen) atoms. The van der Waals surface area contributed by atoms with Crippen molar-refractivity contribution in [1.82, 2.24) is 5.32 Å². The zero-order valence-corrected chi connectivity index (χ0v) is 12.4. The lowest BCUT2D eigenvalue weighted by Crippen LogP contribution is -2.22. The van der Waals surface area contributed by atoms with Gasteiger partial charge in [0.15, 0.2) is 0 Å². The highest BCUT2D eigenvalue weighted by atomic mass is 19.1. The van der Waals surface area contributed by atoms with Gasteiger partial charge in [0.25, 0.3) is 0 Å². The van der Waals surface area contributed by atoms with Gasteiger partial charge in [0.05, 0.1) is 18.8 Å². The highest BCUT2D eigenvalue weighted by molar-refractivity contribution is 5.29. The molecular weight excluding hydrogens is 261 g/mol. The van der Waals surface area contributed by atoms with E-state index in [1.165, 1.54) is 12.1 Å². The van der Waals surface area contributed by atoms with Crippen LogP contribution in [0.4, 0.5) is 4.39 Å². The third-order valence-corrected chi connectivity index (χ3v) is 2.73. The molecule has 0 saturated carbocycles. The van der Waals surface area contributed by atoms with Gasteiger partial charge in [-0.15, -0.1) is 0 Å². The number of methoxy groups -OCH3 is 1. The highest BCUT2D eigenvalue weighted by Crippen LogP contribution is 2.18. The fraction of sp³-hybridized carbons (Fsp3) is 0.600. The van der Waals surface area contributed by atoms with Crippen molar-refractivity contribution in [3.05, 3.63) is 29.6 Å². The molecule has 0 aliphatic heterocycles. The number of nitrogens with one attached hydrogen (secondary N) is 1. The molecule has 0 spiro atoms. The van der Waals surface area contributed by atoms with E-state index in [1.807, 2.05) is 0 Å². The van der Waals surface area contributed by atoms with Gasteiger partial charge in [-0.3, -0.25) is 0 Å². The summed E-state index contributed by atoms with van der Waals surface area (Å²) in [6, 6.07) is 4.62. The minimum Gasteiger partial charge on any atom is -0.493 e. The van der Waals surface area contributed by atoms with Gasteiger partial charge in [0, 0.05) is 32.7 Å². The number of halogens is 1. The Hall–Kier alpha value is -1.17. The molecule has 0 saturated heterocycles. The van der Waals surface area contributed by atoms with Gasteiger partial charge in [-0.1, -0.05) is 0 Å². The van der Waals surface area contributed by atoms with Crippen molar-refractivity contribution in [2.75, 3.05) is 26.9 Å². The molecular formula is C15H24FNO3. The van der Waals surface area contributed by atoms with Crippen molar-refractivity contribution in [3.63, 3.8) is 0 Å². The molecule has 1 aromatic carbocycles. The van der Waals surface area contributed by atoms with Crippen molar-refractivity contribution >= 4 is 0 Å². The summed E-state index contributed by atoms with van der Waals surface area (Å²) in [5.41, 5.74) is 0.0390. The molecule has 0 aliphatic rings. The molecule has 0 aromatic heterocycles. The first-order valence-electron chi connectivity index (χ1n) is 6.75. The van der Waals surface area contributed by atoms with Gasteiger partial charge < -0.3 is 19.9 Å². The number of ether oxygens (including phenoxy) is 2. The van der Waals surface area contributed by atoms with E-state index in [9.17, 15) is 9.50 Å². The van der Waals surface area contributed by atoms with Gasteiger partial charge in [-0.25, -0.2) is 4.39 Å². The van der Waals surface area contributed by atoms with E-state index < -0.39 is 5.60 Å². The number of hydrogen-bond donors (Lipinski definition) is 2. The van der Waals surface area contributed by atoms with Crippen LogP contribution in [0.25, 0.3) is 0 Å². The normalized spacial score (nSPS) is 11.7. The SMILES string of the molecule is COCCNCc1cc(F)cc(OCCC(C)(C)O)c1. The van der Waals surface area contributed by atoms with Gasteiger partial charge >= 0.3 is 0 Å². The fourth-order valence-electron chi connectivity index (χ4n) is 1.63. The molecule has 0 fully saturated rings. The zero-order chi connectivity index (χ0) is 15.0. The van der Waals surface area contributed by atoms with Crippen molar-refractivity contribution in [2.24, 2.45) is 0 Å². The average Bonchev–Trinajstić information content (AvgIpc) is 2.32. The average molecular weight is 285 g/mol. The first-order valence-corrected chi connectivity index (χ1v) is 6.75. The Morgan fingerprint density at radius 3 is 2.65 bits per heavy atom. The lowest BCUT2D eigenvalue weighted by Gasteiger charge is -2.17. The molecule has 5 heteroatoms.